The summed E-state index contributed by atoms with van der Waals surface area (Å²) in [6.07, 6.45) is 2.72. The van der Waals surface area contributed by atoms with Gasteiger partial charge >= 0.3 is 0 Å². The van der Waals surface area contributed by atoms with Crippen molar-refractivity contribution in [1.82, 2.24) is 15.1 Å². The molecule has 2 heterocycles. The van der Waals surface area contributed by atoms with Crippen molar-refractivity contribution in [3.8, 4) is 5.75 Å². The van der Waals surface area contributed by atoms with Crippen LogP contribution in [0, 0.1) is 0 Å². The normalized spacial score (nSPS) is 23.6. The van der Waals surface area contributed by atoms with Crippen LogP contribution in [0.1, 0.15) is 38.7 Å². The topological polar surface area (TPSA) is 74.3 Å². The molecular formula is C23H37N3O4. The Labute approximate surface area is 180 Å². The van der Waals surface area contributed by atoms with E-state index in [-0.39, 0.29) is 11.9 Å². The second-order valence-electron chi connectivity index (χ2n) is 8.63. The van der Waals surface area contributed by atoms with Gasteiger partial charge in [-0.2, -0.15) is 0 Å². The minimum atomic E-state index is -0.650. The molecule has 0 aliphatic carbocycles. The maximum absolute atomic E-state index is 11.2. The van der Waals surface area contributed by atoms with Crippen molar-refractivity contribution >= 4 is 5.91 Å². The number of piperidine rings is 1. The summed E-state index contributed by atoms with van der Waals surface area (Å²) in [7, 11) is 0. The van der Waals surface area contributed by atoms with Crippen molar-refractivity contribution in [3.05, 3.63) is 29.8 Å². The van der Waals surface area contributed by atoms with Crippen LogP contribution in [0.2, 0.25) is 0 Å². The summed E-state index contributed by atoms with van der Waals surface area (Å²) in [6.45, 7) is 10.4. The van der Waals surface area contributed by atoms with Gasteiger partial charge in [0, 0.05) is 58.8 Å². The van der Waals surface area contributed by atoms with E-state index in [1.54, 1.807) is 6.92 Å². The van der Waals surface area contributed by atoms with E-state index >= 15 is 0 Å². The van der Waals surface area contributed by atoms with Crippen LogP contribution < -0.4 is 10.1 Å². The van der Waals surface area contributed by atoms with Crippen LogP contribution in [-0.2, 0) is 16.1 Å². The molecule has 1 aromatic rings. The number of ether oxygens (including phenoxy) is 2. The van der Waals surface area contributed by atoms with Crippen LogP contribution in [0.3, 0.4) is 0 Å². The number of hydrogen-bond donors (Lipinski definition) is 2. The van der Waals surface area contributed by atoms with E-state index < -0.39 is 5.60 Å². The summed E-state index contributed by atoms with van der Waals surface area (Å²) in [5, 5.41) is 14.1. The van der Waals surface area contributed by atoms with Gasteiger partial charge in [0.05, 0.1) is 12.2 Å². The van der Waals surface area contributed by atoms with Crippen LogP contribution in [0.15, 0.2) is 24.3 Å². The summed E-state index contributed by atoms with van der Waals surface area (Å²) < 4.78 is 11.0. The van der Waals surface area contributed by atoms with E-state index in [1.807, 2.05) is 19.1 Å². The van der Waals surface area contributed by atoms with Crippen molar-refractivity contribution in [2.45, 2.75) is 51.3 Å². The van der Waals surface area contributed by atoms with Gasteiger partial charge in [0.25, 0.3) is 0 Å². The maximum atomic E-state index is 11.2. The Kier molecular flexibility index (Phi) is 8.50. The first-order chi connectivity index (χ1) is 14.5. The highest BCUT2D eigenvalue weighted by molar-refractivity contribution is 5.73. The molecule has 0 aromatic heterocycles. The molecule has 2 N–H and O–H groups in total. The number of β-amino-alcohol motifs (C(OH)–C–C–N with tert-alkyl or cyclic N) is 1. The first-order valence-electron chi connectivity index (χ1n) is 11.2. The van der Waals surface area contributed by atoms with Gasteiger partial charge in [-0.3, -0.25) is 9.69 Å². The van der Waals surface area contributed by atoms with Gasteiger partial charge in [-0.05, 0) is 43.9 Å². The standard InChI is InChI=1S/C23H37N3O4/c1-3-29-14-15-30-22-6-4-20(5-7-22)16-26-13-10-23(28,18-26)17-25-11-8-21(9-12-25)24-19(2)27/h4-7,21,28H,3,8-18H2,1-2H3,(H,24,27)/t23-/m0/s1. The number of benzene rings is 1. The number of aliphatic hydroxyl groups is 1. The molecule has 7 heteroatoms. The number of carbonyl (C=O) groups excluding carboxylic acids is 1. The van der Waals surface area contributed by atoms with Crippen LogP contribution in [-0.4, -0.2) is 85.0 Å². The average Bonchev–Trinajstić information content (AvgIpc) is 3.08. The largest absolute Gasteiger partial charge is 0.491 e. The van der Waals surface area contributed by atoms with Gasteiger partial charge in [-0.15, -0.1) is 0 Å². The molecule has 0 spiro atoms. The quantitative estimate of drug-likeness (QED) is 0.562. The molecule has 3 rings (SSSR count). The highest BCUT2D eigenvalue weighted by atomic mass is 16.5. The molecule has 30 heavy (non-hydrogen) atoms. The average molecular weight is 420 g/mol. The lowest BCUT2D eigenvalue weighted by Crippen LogP contribution is -2.50. The molecule has 1 aromatic carbocycles. The number of nitrogens with zero attached hydrogens (tertiary/aromatic N) is 2. The third-order valence-electron chi connectivity index (χ3n) is 5.95. The van der Waals surface area contributed by atoms with Gasteiger partial charge in [-0.1, -0.05) is 12.1 Å². The summed E-state index contributed by atoms with van der Waals surface area (Å²) >= 11 is 0. The van der Waals surface area contributed by atoms with E-state index in [9.17, 15) is 9.90 Å². The molecule has 0 radical (unpaired) electrons. The summed E-state index contributed by atoms with van der Waals surface area (Å²) in [5.74, 6) is 0.905. The van der Waals surface area contributed by atoms with Crippen LogP contribution in [0.4, 0.5) is 0 Å². The minimum absolute atomic E-state index is 0.0450. The van der Waals surface area contributed by atoms with E-state index in [1.165, 1.54) is 5.56 Å². The third-order valence-corrected chi connectivity index (χ3v) is 5.95. The molecule has 0 bridgehead atoms. The second kappa shape index (κ2) is 11.1. The van der Waals surface area contributed by atoms with E-state index in [0.29, 0.717) is 32.9 Å². The molecule has 2 aliphatic rings. The van der Waals surface area contributed by atoms with E-state index in [0.717, 1.165) is 51.2 Å². The minimum Gasteiger partial charge on any atom is -0.491 e. The molecule has 168 valence electrons. The predicted octanol–water partition coefficient (Wildman–Crippen LogP) is 1.64. The highest BCUT2D eigenvalue weighted by Crippen LogP contribution is 2.26. The van der Waals surface area contributed by atoms with Gasteiger partial charge in [-0.25, -0.2) is 0 Å². The Hall–Kier alpha value is -1.67. The first kappa shape index (κ1) is 23.0. The molecule has 2 aliphatic heterocycles. The third kappa shape index (κ3) is 7.23. The van der Waals surface area contributed by atoms with Crippen molar-refractivity contribution in [1.29, 1.82) is 0 Å². The lowest BCUT2D eigenvalue weighted by Gasteiger charge is -2.36. The smallest absolute Gasteiger partial charge is 0.217 e. The zero-order valence-corrected chi connectivity index (χ0v) is 18.4. The number of hydrogen-bond acceptors (Lipinski definition) is 6. The molecule has 1 atom stereocenters. The van der Waals surface area contributed by atoms with Gasteiger partial charge < -0.3 is 24.8 Å². The Bertz CT molecular complexity index is 661. The summed E-state index contributed by atoms with van der Waals surface area (Å²) in [5.41, 5.74) is 0.580. The molecule has 0 unspecified atom stereocenters. The predicted molar refractivity (Wildman–Crippen MR) is 117 cm³/mol. The fourth-order valence-corrected chi connectivity index (χ4v) is 4.46. The number of amides is 1. The fourth-order valence-electron chi connectivity index (χ4n) is 4.46. The number of likely N-dealkylation sites (tertiary alicyclic amines) is 2. The van der Waals surface area contributed by atoms with E-state index in [2.05, 4.69) is 27.2 Å². The number of rotatable bonds is 10. The monoisotopic (exact) mass is 419 g/mol. The van der Waals surface area contributed by atoms with Crippen molar-refractivity contribution in [3.63, 3.8) is 0 Å². The molecule has 2 fully saturated rings. The summed E-state index contributed by atoms with van der Waals surface area (Å²) in [4.78, 5) is 15.9. The molecule has 0 saturated carbocycles. The lowest BCUT2D eigenvalue weighted by molar-refractivity contribution is -0.120. The molecule has 7 nitrogen and oxygen atoms in total. The Balaban J connectivity index is 1.40. The highest BCUT2D eigenvalue weighted by Gasteiger charge is 2.38. The first-order valence-corrected chi connectivity index (χ1v) is 11.2. The number of nitrogens with one attached hydrogen (secondary N) is 1. The number of carbonyl (C=O) groups is 1. The molecule has 1 amide bonds. The Morgan fingerprint density at radius 2 is 1.90 bits per heavy atom. The van der Waals surface area contributed by atoms with Crippen molar-refractivity contribution in [2.24, 2.45) is 0 Å². The van der Waals surface area contributed by atoms with Crippen LogP contribution >= 0.6 is 0 Å². The maximum Gasteiger partial charge on any atom is 0.217 e. The van der Waals surface area contributed by atoms with Crippen molar-refractivity contribution in [2.75, 3.05) is 52.5 Å². The van der Waals surface area contributed by atoms with E-state index in [4.69, 9.17) is 9.47 Å². The summed E-state index contributed by atoms with van der Waals surface area (Å²) in [6, 6.07) is 8.48. The zero-order chi connectivity index (χ0) is 21.4. The zero-order valence-electron chi connectivity index (χ0n) is 18.4. The van der Waals surface area contributed by atoms with Crippen LogP contribution in [0.25, 0.3) is 0 Å². The Morgan fingerprint density at radius 1 is 1.17 bits per heavy atom. The van der Waals surface area contributed by atoms with Gasteiger partial charge in [0.2, 0.25) is 5.91 Å². The van der Waals surface area contributed by atoms with Gasteiger partial charge in [0.15, 0.2) is 0 Å². The molecule has 2 saturated heterocycles. The lowest BCUT2D eigenvalue weighted by atomic mass is 9.99. The molecular weight excluding hydrogens is 382 g/mol. The van der Waals surface area contributed by atoms with Crippen molar-refractivity contribution < 1.29 is 19.4 Å². The van der Waals surface area contributed by atoms with Crippen LogP contribution in [0.5, 0.6) is 5.75 Å². The van der Waals surface area contributed by atoms with Gasteiger partial charge in [0.1, 0.15) is 12.4 Å². The SMILES string of the molecule is CCOCCOc1ccc(CN2CC[C@](O)(CN3CCC(NC(C)=O)CC3)C2)cc1. The Morgan fingerprint density at radius 3 is 2.57 bits per heavy atom. The fraction of sp³-hybridized carbons (Fsp3) is 0.696. The second-order valence-corrected chi connectivity index (χ2v) is 8.63.